The van der Waals surface area contributed by atoms with Crippen LogP contribution in [0.25, 0.3) is 0 Å². The summed E-state index contributed by atoms with van der Waals surface area (Å²) in [7, 11) is 0. The first kappa shape index (κ1) is 14.5. The molecule has 1 unspecified atom stereocenters. The monoisotopic (exact) mass is 296 g/mol. The number of rotatable bonds is 5. The first-order chi connectivity index (χ1) is 9.60. The van der Waals surface area contributed by atoms with Crippen LogP contribution in [0.2, 0.25) is 0 Å². The Bertz CT molecular complexity index is 526. The second-order valence-electron chi connectivity index (χ2n) is 4.41. The maximum atomic E-state index is 11.9. The van der Waals surface area contributed by atoms with E-state index in [0.717, 1.165) is 10.6 Å². The number of nitrogens with one attached hydrogen (secondary N) is 2. The van der Waals surface area contributed by atoms with Gasteiger partial charge in [0, 0.05) is 12.0 Å². The zero-order valence-corrected chi connectivity index (χ0v) is 11.9. The number of carbonyl (C=O) groups is 3. The van der Waals surface area contributed by atoms with E-state index in [1.54, 1.807) is 0 Å². The van der Waals surface area contributed by atoms with Gasteiger partial charge in [0.25, 0.3) is 0 Å². The molecule has 7 heteroatoms. The number of thiophene rings is 1. The Balaban J connectivity index is 1.90. The van der Waals surface area contributed by atoms with Gasteiger partial charge in [-0.1, -0.05) is 0 Å². The standard InChI is InChI=1S/C13H16N2O4S/c1-2-19-13-8(5-6-20-13)7-11(17)14-9-3-4-10(16)15-12(9)18/h5-6,9H,2-4,7H2,1H3,(H,14,17)(H,15,16,18). The van der Waals surface area contributed by atoms with E-state index in [-0.39, 0.29) is 24.7 Å². The topological polar surface area (TPSA) is 84.5 Å². The Labute approximate surface area is 120 Å². The van der Waals surface area contributed by atoms with Gasteiger partial charge in [0.05, 0.1) is 13.0 Å². The smallest absolute Gasteiger partial charge is 0.249 e. The average molecular weight is 296 g/mol. The average Bonchev–Trinajstić information content (AvgIpc) is 2.81. The molecule has 2 heterocycles. The number of amides is 3. The number of ether oxygens (including phenoxy) is 1. The molecule has 108 valence electrons. The van der Waals surface area contributed by atoms with Gasteiger partial charge in [-0.25, -0.2) is 0 Å². The molecule has 0 aromatic carbocycles. The second-order valence-corrected chi connectivity index (χ2v) is 5.29. The third-order valence-electron chi connectivity index (χ3n) is 2.91. The molecule has 20 heavy (non-hydrogen) atoms. The normalized spacial score (nSPS) is 18.6. The summed E-state index contributed by atoms with van der Waals surface area (Å²) in [6, 6.07) is 1.20. The van der Waals surface area contributed by atoms with Gasteiger partial charge in [0.1, 0.15) is 6.04 Å². The lowest BCUT2D eigenvalue weighted by atomic mass is 10.1. The van der Waals surface area contributed by atoms with Crippen molar-refractivity contribution in [2.45, 2.75) is 32.2 Å². The highest BCUT2D eigenvalue weighted by atomic mass is 32.1. The van der Waals surface area contributed by atoms with E-state index in [0.29, 0.717) is 13.0 Å². The Hall–Kier alpha value is -1.89. The van der Waals surface area contributed by atoms with Crippen LogP contribution in [0.5, 0.6) is 5.06 Å². The highest BCUT2D eigenvalue weighted by Gasteiger charge is 2.27. The molecule has 2 N–H and O–H groups in total. The van der Waals surface area contributed by atoms with Gasteiger partial charge in [-0.2, -0.15) is 0 Å². The molecular weight excluding hydrogens is 280 g/mol. The minimum Gasteiger partial charge on any atom is -0.484 e. The third kappa shape index (κ3) is 3.57. The first-order valence-corrected chi connectivity index (χ1v) is 7.30. The third-order valence-corrected chi connectivity index (χ3v) is 3.77. The first-order valence-electron chi connectivity index (χ1n) is 6.42. The van der Waals surface area contributed by atoms with E-state index < -0.39 is 11.9 Å². The SMILES string of the molecule is CCOc1sccc1CC(=O)NC1CCC(=O)NC1=O. The maximum absolute atomic E-state index is 11.9. The molecular formula is C13H16N2O4S. The van der Waals surface area contributed by atoms with Crippen LogP contribution in [0.4, 0.5) is 0 Å². The predicted octanol–water partition coefficient (Wildman–Crippen LogP) is 0.611. The molecule has 1 aromatic heterocycles. The van der Waals surface area contributed by atoms with Gasteiger partial charge < -0.3 is 10.1 Å². The number of piperidine rings is 1. The highest BCUT2D eigenvalue weighted by molar-refractivity contribution is 7.12. The lowest BCUT2D eigenvalue weighted by molar-refractivity contribution is -0.137. The molecule has 1 aliphatic rings. The van der Waals surface area contributed by atoms with Gasteiger partial charge in [0.2, 0.25) is 17.7 Å². The van der Waals surface area contributed by atoms with Crippen molar-refractivity contribution in [3.05, 3.63) is 17.0 Å². The molecule has 6 nitrogen and oxygen atoms in total. The van der Waals surface area contributed by atoms with Crippen molar-refractivity contribution in [1.29, 1.82) is 0 Å². The molecule has 1 aliphatic heterocycles. The van der Waals surface area contributed by atoms with Gasteiger partial charge in [-0.15, -0.1) is 11.3 Å². The lowest BCUT2D eigenvalue weighted by Gasteiger charge is -2.21. The van der Waals surface area contributed by atoms with Crippen LogP contribution in [-0.4, -0.2) is 30.4 Å². The molecule has 0 spiro atoms. The molecule has 1 saturated heterocycles. The zero-order valence-electron chi connectivity index (χ0n) is 11.1. The molecule has 0 bridgehead atoms. The summed E-state index contributed by atoms with van der Waals surface area (Å²) in [5.41, 5.74) is 0.807. The van der Waals surface area contributed by atoms with Gasteiger partial charge >= 0.3 is 0 Å². The fourth-order valence-corrected chi connectivity index (χ4v) is 2.79. The summed E-state index contributed by atoms with van der Waals surface area (Å²) in [5, 5.41) is 7.44. The van der Waals surface area contributed by atoms with Crippen molar-refractivity contribution in [2.75, 3.05) is 6.61 Å². The molecule has 0 radical (unpaired) electrons. The summed E-state index contributed by atoms with van der Waals surface area (Å²) in [6.07, 6.45) is 0.758. The van der Waals surface area contributed by atoms with Crippen molar-refractivity contribution in [3.63, 3.8) is 0 Å². The minimum absolute atomic E-state index is 0.163. The summed E-state index contributed by atoms with van der Waals surface area (Å²) in [5.74, 6) is -0.985. The number of imide groups is 1. The summed E-state index contributed by atoms with van der Waals surface area (Å²) in [4.78, 5) is 34.5. The van der Waals surface area contributed by atoms with E-state index in [1.165, 1.54) is 11.3 Å². The van der Waals surface area contributed by atoms with E-state index in [9.17, 15) is 14.4 Å². The Morgan fingerprint density at radius 1 is 1.55 bits per heavy atom. The Kier molecular flexibility index (Phi) is 4.73. The summed E-state index contributed by atoms with van der Waals surface area (Å²) < 4.78 is 5.42. The highest BCUT2D eigenvalue weighted by Crippen LogP contribution is 2.26. The summed E-state index contributed by atoms with van der Waals surface area (Å²) >= 11 is 1.44. The van der Waals surface area contributed by atoms with Gasteiger partial charge in [-0.3, -0.25) is 19.7 Å². The Morgan fingerprint density at radius 3 is 3.05 bits per heavy atom. The van der Waals surface area contributed by atoms with Crippen LogP contribution in [-0.2, 0) is 20.8 Å². The Morgan fingerprint density at radius 2 is 2.35 bits per heavy atom. The van der Waals surface area contributed by atoms with Crippen LogP contribution in [0.3, 0.4) is 0 Å². The van der Waals surface area contributed by atoms with Crippen LogP contribution >= 0.6 is 11.3 Å². The fourth-order valence-electron chi connectivity index (χ4n) is 1.96. The molecule has 1 fully saturated rings. The van der Waals surface area contributed by atoms with E-state index in [2.05, 4.69) is 10.6 Å². The van der Waals surface area contributed by atoms with E-state index >= 15 is 0 Å². The van der Waals surface area contributed by atoms with E-state index in [4.69, 9.17) is 4.74 Å². The van der Waals surface area contributed by atoms with Gasteiger partial charge in [0.15, 0.2) is 5.06 Å². The van der Waals surface area contributed by atoms with Crippen molar-refractivity contribution < 1.29 is 19.1 Å². The predicted molar refractivity (Wildman–Crippen MR) is 73.5 cm³/mol. The molecule has 0 aliphatic carbocycles. The quantitative estimate of drug-likeness (QED) is 0.780. The zero-order chi connectivity index (χ0) is 14.5. The van der Waals surface area contributed by atoms with Crippen molar-refractivity contribution in [1.82, 2.24) is 10.6 Å². The van der Waals surface area contributed by atoms with E-state index in [1.807, 2.05) is 18.4 Å². The number of hydrogen-bond donors (Lipinski definition) is 2. The molecule has 1 atom stereocenters. The molecule has 1 aromatic rings. The molecule has 2 rings (SSSR count). The number of carbonyl (C=O) groups excluding carboxylic acids is 3. The second kappa shape index (κ2) is 6.51. The van der Waals surface area contributed by atoms with Crippen LogP contribution < -0.4 is 15.4 Å². The van der Waals surface area contributed by atoms with Crippen LogP contribution in [0, 0.1) is 0 Å². The number of hydrogen-bond acceptors (Lipinski definition) is 5. The molecule has 3 amide bonds. The lowest BCUT2D eigenvalue weighted by Crippen LogP contribution is -2.52. The minimum atomic E-state index is -0.630. The van der Waals surface area contributed by atoms with Crippen molar-refractivity contribution in [3.8, 4) is 5.06 Å². The fraction of sp³-hybridized carbons (Fsp3) is 0.462. The largest absolute Gasteiger partial charge is 0.484 e. The van der Waals surface area contributed by atoms with Gasteiger partial charge in [-0.05, 0) is 24.8 Å². The maximum Gasteiger partial charge on any atom is 0.249 e. The van der Waals surface area contributed by atoms with Crippen molar-refractivity contribution in [2.24, 2.45) is 0 Å². The summed E-state index contributed by atoms with van der Waals surface area (Å²) in [6.45, 7) is 2.43. The molecule has 0 saturated carbocycles. The van der Waals surface area contributed by atoms with Crippen LogP contribution in [0.1, 0.15) is 25.3 Å². The van der Waals surface area contributed by atoms with Crippen molar-refractivity contribution >= 4 is 29.1 Å². The van der Waals surface area contributed by atoms with Crippen LogP contribution in [0.15, 0.2) is 11.4 Å².